The SMILES string of the molecule is Cc1ccc(C(=O)NCCNC(=O)CCCCC(=O)O)cc1F. The lowest BCUT2D eigenvalue weighted by molar-refractivity contribution is -0.137. The van der Waals surface area contributed by atoms with Crippen molar-refractivity contribution in [1.29, 1.82) is 0 Å². The maximum absolute atomic E-state index is 13.4. The average Bonchev–Trinajstić information content (AvgIpc) is 2.50. The number of hydrogen-bond donors (Lipinski definition) is 3. The van der Waals surface area contributed by atoms with Gasteiger partial charge in [0.25, 0.3) is 5.91 Å². The zero-order valence-electron chi connectivity index (χ0n) is 13.0. The molecule has 0 aliphatic rings. The first kappa shape index (κ1) is 18.6. The molecule has 126 valence electrons. The summed E-state index contributed by atoms with van der Waals surface area (Å²) in [5, 5.41) is 13.7. The van der Waals surface area contributed by atoms with Crippen LogP contribution in [0, 0.1) is 12.7 Å². The lowest BCUT2D eigenvalue weighted by Crippen LogP contribution is -2.34. The second-order valence-electron chi connectivity index (χ2n) is 5.17. The molecule has 0 aliphatic carbocycles. The van der Waals surface area contributed by atoms with Crippen LogP contribution < -0.4 is 10.6 Å². The van der Waals surface area contributed by atoms with E-state index in [-0.39, 0.29) is 37.4 Å². The Kier molecular flexibility index (Phi) is 7.73. The van der Waals surface area contributed by atoms with E-state index in [9.17, 15) is 18.8 Å². The van der Waals surface area contributed by atoms with Gasteiger partial charge in [-0.05, 0) is 37.5 Å². The van der Waals surface area contributed by atoms with E-state index < -0.39 is 17.7 Å². The summed E-state index contributed by atoms with van der Waals surface area (Å²) >= 11 is 0. The molecule has 0 spiro atoms. The third-order valence-electron chi connectivity index (χ3n) is 3.21. The Balaban J connectivity index is 2.18. The Hall–Kier alpha value is -2.44. The molecule has 0 radical (unpaired) electrons. The number of aryl methyl sites for hydroxylation is 1. The van der Waals surface area contributed by atoms with Crippen molar-refractivity contribution in [2.24, 2.45) is 0 Å². The lowest BCUT2D eigenvalue weighted by Gasteiger charge is -2.07. The van der Waals surface area contributed by atoms with Crippen LogP contribution in [0.4, 0.5) is 4.39 Å². The number of carbonyl (C=O) groups excluding carboxylic acids is 2. The molecule has 0 atom stereocenters. The Labute approximate surface area is 134 Å². The van der Waals surface area contributed by atoms with E-state index in [1.54, 1.807) is 6.92 Å². The fourth-order valence-corrected chi connectivity index (χ4v) is 1.86. The highest BCUT2D eigenvalue weighted by atomic mass is 19.1. The highest BCUT2D eigenvalue weighted by molar-refractivity contribution is 5.94. The van der Waals surface area contributed by atoms with Crippen molar-refractivity contribution >= 4 is 17.8 Å². The van der Waals surface area contributed by atoms with E-state index >= 15 is 0 Å². The number of carbonyl (C=O) groups is 3. The number of aliphatic carboxylic acids is 1. The van der Waals surface area contributed by atoms with Crippen molar-refractivity contribution in [1.82, 2.24) is 10.6 Å². The third-order valence-corrected chi connectivity index (χ3v) is 3.21. The number of halogens is 1. The van der Waals surface area contributed by atoms with Crippen molar-refractivity contribution in [2.45, 2.75) is 32.6 Å². The number of rotatable bonds is 9. The van der Waals surface area contributed by atoms with Crippen molar-refractivity contribution in [3.63, 3.8) is 0 Å². The summed E-state index contributed by atoms with van der Waals surface area (Å²) in [6.45, 7) is 2.11. The average molecular weight is 324 g/mol. The van der Waals surface area contributed by atoms with Crippen molar-refractivity contribution < 1.29 is 23.9 Å². The lowest BCUT2D eigenvalue weighted by atomic mass is 10.1. The van der Waals surface area contributed by atoms with Crippen LogP contribution in [0.25, 0.3) is 0 Å². The van der Waals surface area contributed by atoms with Gasteiger partial charge in [0.2, 0.25) is 5.91 Å². The Morgan fingerprint density at radius 1 is 1.09 bits per heavy atom. The first-order valence-electron chi connectivity index (χ1n) is 7.43. The molecule has 7 heteroatoms. The summed E-state index contributed by atoms with van der Waals surface area (Å²) in [5.41, 5.74) is 0.699. The van der Waals surface area contributed by atoms with E-state index in [1.807, 2.05) is 0 Å². The van der Waals surface area contributed by atoms with E-state index in [2.05, 4.69) is 10.6 Å². The van der Waals surface area contributed by atoms with Gasteiger partial charge in [0.15, 0.2) is 0 Å². The quantitative estimate of drug-likeness (QED) is 0.602. The maximum Gasteiger partial charge on any atom is 0.303 e. The molecule has 0 saturated carbocycles. The van der Waals surface area contributed by atoms with Gasteiger partial charge < -0.3 is 15.7 Å². The van der Waals surface area contributed by atoms with Gasteiger partial charge in [-0.25, -0.2) is 4.39 Å². The predicted molar refractivity (Wildman–Crippen MR) is 82.6 cm³/mol. The van der Waals surface area contributed by atoms with Crippen molar-refractivity contribution in [2.75, 3.05) is 13.1 Å². The van der Waals surface area contributed by atoms with E-state index in [0.29, 0.717) is 18.4 Å². The first-order chi connectivity index (χ1) is 10.9. The highest BCUT2D eigenvalue weighted by Gasteiger charge is 2.08. The minimum Gasteiger partial charge on any atom is -0.481 e. The Morgan fingerprint density at radius 3 is 2.39 bits per heavy atom. The van der Waals surface area contributed by atoms with Crippen LogP contribution >= 0.6 is 0 Å². The van der Waals surface area contributed by atoms with E-state index in [4.69, 9.17) is 5.11 Å². The normalized spacial score (nSPS) is 10.2. The molecule has 0 bridgehead atoms. The monoisotopic (exact) mass is 324 g/mol. The first-order valence-corrected chi connectivity index (χ1v) is 7.43. The third kappa shape index (κ3) is 7.39. The molecule has 1 aromatic rings. The maximum atomic E-state index is 13.4. The largest absolute Gasteiger partial charge is 0.481 e. The van der Waals surface area contributed by atoms with Crippen molar-refractivity contribution in [3.05, 3.63) is 35.1 Å². The Morgan fingerprint density at radius 2 is 1.74 bits per heavy atom. The van der Waals surface area contributed by atoms with Crippen LogP contribution in [0.5, 0.6) is 0 Å². The number of carboxylic acids is 1. The number of amides is 2. The van der Waals surface area contributed by atoms with E-state index in [1.165, 1.54) is 18.2 Å². The molecule has 0 saturated heterocycles. The summed E-state index contributed by atoms with van der Waals surface area (Å²) in [5.74, 6) is -1.90. The number of unbranched alkanes of at least 4 members (excludes halogenated alkanes) is 1. The number of carboxylic acid groups (broad SMARTS) is 1. The summed E-state index contributed by atoms with van der Waals surface area (Å²) in [6.07, 6.45) is 1.27. The molecule has 0 aliphatic heterocycles. The molecule has 6 nitrogen and oxygen atoms in total. The zero-order chi connectivity index (χ0) is 17.2. The van der Waals surface area contributed by atoms with Gasteiger partial charge in [-0.2, -0.15) is 0 Å². The van der Waals surface area contributed by atoms with Crippen LogP contribution in [0.2, 0.25) is 0 Å². The van der Waals surface area contributed by atoms with Gasteiger partial charge >= 0.3 is 5.97 Å². The predicted octanol–water partition coefficient (Wildman–Crippen LogP) is 1.63. The van der Waals surface area contributed by atoms with E-state index in [0.717, 1.165) is 0 Å². The molecule has 23 heavy (non-hydrogen) atoms. The van der Waals surface area contributed by atoms with Crippen molar-refractivity contribution in [3.8, 4) is 0 Å². The Bertz CT molecular complexity index is 575. The van der Waals surface area contributed by atoms with Gasteiger partial charge in [-0.1, -0.05) is 6.07 Å². The molecule has 0 heterocycles. The summed E-state index contributed by atoms with van der Waals surface area (Å²) in [7, 11) is 0. The molecule has 0 aromatic heterocycles. The van der Waals surface area contributed by atoms with Crippen LogP contribution in [0.3, 0.4) is 0 Å². The molecule has 0 fully saturated rings. The topological polar surface area (TPSA) is 95.5 Å². The van der Waals surface area contributed by atoms with Gasteiger partial charge in [-0.3, -0.25) is 14.4 Å². The summed E-state index contributed by atoms with van der Waals surface area (Å²) < 4.78 is 13.4. The number of benzene rings is 1. The van der Waals surface area contributed by atoms with Gasteiger partial charge in [0, 0.05) is 31.5 Å². The van der Waals surface area contributed by atoms with Gasteiger partial charge in [-0.15, -0.1) is 0 Å². The molecule has 3 N–H and O–H groups in total. The van der Waals surface area contributed by atoms with Crippen LogP contribution in [0.15, 0.2) is 18.2 Å². The summed E-state index contributed by atoms with van der Waals surface area (Å²) in [4.78, 5) is 33.6. The standard InChI is InChI=1S/C16H21FN2O4/c1-11-6-7-12(10-13(11)17)16(23)19-9-8-18-14(20)4-2-3-5-15(21)22/h6-7,10H,2-5,8-9H2,1H3,(H,18,20)(H,19,23)(H,21,22). The van der Waals surface area contributed by atoms with Crippen LogP contribution in [-0.2, 0) is 9.59 Å². The number of hydrogen-bond acceptors (Lipinski definition) is 3. The molecule has 2 amide bonds. The molecule has 1 aromatic carbocycles. The fourth-order valence-electron chi connectivity index (χ4n) is 1.86. The molecule has 0 unspecified atom stereocenters. The van der Waals surface area contributed by atoms with Crippen LogP contribution in [-0.4, -0.2) is 36.0 Å². The minimum absolute atomic E-state index is 0.0520. The molecular weight excluding hydrogens is 303 g/mol. The second-order valence-corrected chi connectivity index (χ2v) is 5.17. The van der Waals surface area contributed by atoms with Gasteiger partial charge in [0.1, 0.15) is 5.82 Å². The second kappa shape index (κ2) is 9.55. The highest BCUT2D eigenvalue weighted by Crippen LogP contribution is 2.08. The fraction of sp³-hybridized carbons (Fsp3) is 0.438. The minimum atomic E-state index is -0.874. The smallest absolute Gasteiger partial charge is 0.303 e. The number of nitrogens with one attached hydrogen (secondary N) is 2. The summed E-state index contributed by atoms with van der Waals surface area (Å²) in [6, 6.07) is 4.24. The zero-order valence-corrected chi connectivity index (χ0v) is 13.0. The molecule has 1 rings (SSSR count). The van der Waals surface area contributed by atoms with Gasteiger partial charge in [0.05, 0.1) is 0 Å². The molecular formula is C16H21FN2O4. The van der Waals surface area contributed by atoms with Crippen LogP contribution in [0.1, 0.15) is 41.6 Å².